The molecule has 5 nitrogen and oxygen atoms in total. The lowest BCUT2D eigenvalue weighted by atomic mass is 10.2. The molecule has 0 spiro atoms. The Morgan fingerprint density at radius 1 is 1.40 bits per heavy atom. The third-order valence-electron chi connectivity index (χ3n) is 2.84. The van der Waals surface area contributed by atoms with Crippen molar-refractivity contribution < 1.29 is 14.6 Å². The monoisotopic (exact) mass is 280 g/mol. The van der Waals surface area contributed by atoms with Crippen molar-refractivity contribution in [3.8, 4) is 11.5 Å². The number of benzene rings is 1. The largest absolute Gasteiger partial charge is 0.508 e. The zero-order chi connectivity index (χ0) is 15.0. The number of ether oxygens (including phenoxy) is 1. The lowest BCUT2D eigenvalue weighted by molar-refractivity contribution is -0.121. The summed E-state index contributed by atoms with van der Waals surface area (Å²) in [7, 11) is 1.59. The lowest BCUT2D eigenvalue weighted by Crippen LogP contribution is -2.30. The van der Waals surface area contributed by atoms with Crippen molar-refractivity contribution in [2.75, 3.05) is 20.2 Å². The van der Waals surface area contributed by atoms with Gasteiger partial charge in [-0.15, -0.1) is 0 Å². The summed E-state index contributed by atoms with van der Waals surface area (Å²) in [6.45, 7) is 5.89. The van der Waals surface area contributed by atoms with Crippen LogP contribution in [-0.2, 0) is 11.3 Å². The van der Waals surface area contributed by atoms with Crippen molar-refractivity contribution in [2.24, 2.45) is 5.92 Å². The van der Waals surface area contributed by atoms with Crippen LogP contribution in [0.3, 0.4) is 0 Å². The van der Waals surface area contributed by atoms with Crippen LogP contribution in [0.25, 0.3) is 0 Å². The first kappa shape index (κ1) is 16.3. The highest BCUT2D eigenvalue weighted by Gasteiger charge is 2.05. The third kappa shape index (κ3) is 5.93. The van der Waals surface area contributed by atoms with Gasteiger partial charge >= 0.3 is 0 Å². The van der Waals surface area contributed by atoms with Crippen molar-refractivity contribution in [1.29, 1.82) is 0 Å². The number of hydrogen-bond donors (Lipinski definition) is 3. The molecule has 0 radical (unpaired) electrons. The standard InChI is InChI=1S/C15H24N2O3/c1-11(2)9-17-15(19)6-7-16-10-12-8-13(20-3)4-5-14(12)18/h4-5,8,11,16,18H,6-7,9-10H2,1-3H3,(H,17,19). The maximum atomic E-state index is 11.5. The lowest BCUT2D eigenvalue weighted by Gasteiger charge is -2.10. The number of carbonyl (C=O) groups excluding carboxylic acids is 1. The average molecular weight is 280 g/mol. The van der Waals surface area contributed by atoms with Crippen molar-refractivity contribution in [3.05, 3.63) is 23.8 Å². The van der Waals surface area contributed by atoms with Crippen molar-refractivity contribution in [3.63, 3.8) is 0 Å². The van der Waals surface area contributed by atoms with Crippen LogP contribution in [0.4, 0.5) is 0 Å². The van der Waals surface area contributed by atoms with Gasteiger partial charge in [0.15, 0.2) is 0 Å². The number of methoxy groups -OCH3 is 1. The van der Waals surface area contributed by atoms with Crippen molar-refractivity contribution >= 4 is 5.91 Å². The Labute approximate surface area is 120 Å². The molecule has 0 heterocycles. The molecule has 1 aromatic carbocycles. The molecule has 0 aliphatic rings. The second kappa shape index (κ2) is 8.43. The van der Waals surface area contributed by atoms with Crippen LogP contribution in [-0.4, -0.2) is 31.2 Å². The second-order valence-corrected chi connectivity index (χ2v) is 5.12. The van der Waals surface area contributed by atoms with E-state index in [2.05, 4.69) is 24.5 Å². The Hall–Kier alpha value is -1.75. The maximum absolute atomic E-state index is 11.5. The van der Waals surface area contributed by atoms with E-state index in [1.807, 2.05) is 0 Å². The van der Waals surface area contributed by atoms with Gasteiger partial charge in [-0.25, -0.2) is 0 Å². The molecule has 0 fully saturated rings. The topological polar surface area (TPSA) is 70.6 Å². The molecule has 3 N–H and O–H groups in total. The molecule has 1 rings (SSSR count). The Morgan fingerprint density at radius 2 is 2.15 bits per heavy atom. The maximum Gasteiger partial charge on any atom is 0.221 e. The highest BCUT2D eigenvalue weighted by Crippen LogP contribution is 2.22. The van der Waals surface area contributed by atoms with Gasteiger partial charge in [0.2, 0.25) is 5.91 Å². The summed E-state index contributed by atoms with van der Waals surface area (Å²) in [5.41, 5.74) is 0.756. The first-order valence-electron chi connectivity index (χ1n) is 6.86. The van der Waals surface area contributed by atoms with Gasteiger partial charge < -0.3 is 20.5 Å². The Morgan fingerprint density at radius 3 is 2.80 bits per heavy atom. The molecular weight excluding hydrogens is 256 g/mol. The number of aromatic hydroxyl groups is 1. The Bertz CT molecular complexity index is 433. The summed E-state index contributed by atoms with van der Waals surface area (Å²) < 4.78 is 5.11. The predicted molar refractivity (Wildman–Crippen MR) is 78.8 cm³/mol. The summed E-state index contributed by atoms with van der Waals surface area (Å²) >= 11 is 0. The summed E-state index contributed by atoms with van der Waals surface area (Å²) in [6, 6.07) is 5.09. The number of phenols is 1. The fourth-order valence-electron chi connectivity index (χ4n) is 1.66. The number of carbonyl (C=O) groups is 1. The van der Waals surface area contributed by atoms with Gasteiger partial charge in [0.1, 0.15) is 11.5 Å². The van der Waals surface area contributed by atoms with E-state index in [1.165, 1.54) is 0 Å². The van der Waals surface area contributed by atoms with E-state index in [-0.39, 0.29) is 11.7 Å². The molecule has 112 valence electrons. The molecule has 0 aromatic heterocycles. The molecule has 0 bridgehead atoms. The van der Waals surface area contributed by atoms with Gasteiger partial charge in [-0.05, 0) is 24.1 Å². The molecular formula is C15H24N2O3. The van der Waals surface area contributed by atoms with Crippen LogP contribution < -0.4 is 15.4 Å². The summed E-state index contributed by atoms with van der Waals surface area (Å²) in [5, 5.41) is 15.7. The van der Waals surface area contributed by atoms with Gasteiger partial charge in [0.25, 0.3) is 0 Å². The molecule has 0 saturated carbocycles. The molecule has 0 atom stereocenters. The quantitative estimate of drug-likeness (QED) is 0.633. The minimum atomic E-state index is 0.0427. The first-order chi connectivity index (χ1) is 9.52. The highest BCUT2D eigenvalue weighted by atomic mass is 16.5. The number of phenolic OH excluding ortho intramolecular Hbond substituents is 1. The molecule has 1 amide bonds. The van der Waals surface area contributed by atoms with E-state index in [4.69, 9.17) is 4.74 Å². The first-order valence-corrected chi connectivity index (χ1v) is 6.86. The number of nitrogens with one attached hydrogen (secondary N) is 2. The zero-order valence-corrected chi connectivity index (χ0v) is 12.4. The third-order valence-corrected chi connectivity index (χ3v) is 2.84. The molecule has 1 aromatic rings. The van der Waals surface area contributed by atoms with Crippen LogP contribution in [0.2, 0.25) is 0 Å². The zero-order valence-electron chi connectivity index (χ0n) is 12.4. The molecule has 0 aliphatic carbocycles. The Kier molecular flexibility index (Phi) is 6.87. The summed E-state index contributed by atoms with van der Waals surface area (Å²) in [4.78, 5) is 11.5. The van der Waals surface area contributed by atoms with E-state index in [0.717, 1.165) is 5.56 Å². The number of amides is 1. The predicted octanol–water partition coefficient (Wildman–Crippen LogP) is 1.65. The van der Waals surface area contributed by atoms with Crippen LogP contribution in [0.15, 0.2) is 18.2 Å². The van der Waals surface area contributed by atoms with Gasteiger partial charge in [-0.2, -0.15) is 0 Å². The minimum Gasteiger partial charge on any atom is -0.508 e. The number of hydrogen-bond acceptors (Lipinski definition) is 4. The normalized spacial score (nSPS) is 10.6. The summed E-state index contributed by atoms with van der Waals surface area (Å²) in [5.74, 6) is 1.43. The van der Waals surface area contributed by atoms with Crippen molar-refractivity contribution in [2.45, 2.75) is 26.8 Å². The van der Waals surface area contributed by atoms with E-state index < -0.39 is 0 Å². The molecule has 0 aliphatic heterocycles. The van der Waals surface area contributed by atoms with Crippen LogP contribution >= 0.6 is 0 Å². The molecule has 5 heteroatoms. The van der Waals surface area contributed by atoms with Gasteiger partial charge in [0, 0.05) is 31.6 Å². The smallest absolute Gasteiger partial charge is 0.221 e. The second-order valence-electron chi connectivity index (χ2n) is 5.12. The Balaban J connectivity index is 2.29. The highest BCUT2D eigenvalue weighted by molar-refractivity contribution is 5.76. The van der Waals surface area contributed by atoms with Crippen LogP contribution in [0, 0.1) is 5.92 Å². The molecule has 0 saturated heterocycles. The van der Waals surface area contributed by atoms with E-state index >= 15 is 0 Å². The summed E-state index contributed by atoms with van der Waals surface area (Å²) in [6.07, 6.45) is 0.428. The van der Waals surface area contributed by atoms with Gasteiger partial charge in [0.05, 0.1) is 7.11 Å². The fraction of sp³-hybridized carbons (Fsp3) is 0.533. The van der Waals surface area contributed by atoms with Crippen LogP contribution in [0.5, 0.6) is 11.5 Å². The molecule has 20 heavy (non-hydrogen) atoms. The van der Waals surface area contributed by atoms with E-state index in [1.54, 1.807) is 25.3 Å². The molecule has 0 unspecified atom stereocenters. The van der Waals surface area contributed by atoms with Gasteiger partial charge in [-0.1, -0.05) is 13.8 Å². The van der Waals surface area contributed by atoms with Gasteiger partial charge in [-0.3, -0.25) is 4.79 Å². The van der Waals surface area contributed by atoms with E-state index in [0.29, 0.717) is 37.7 Å². The van der Waals surface area contributed by atoms with Crippen LogP contribution in [0.1, 0.15) is 25.8 Å². The average Bonchev–Trinajstić information content (AvgIpc) is 2.43. The SMILES string of the molecule is COc1ccc(O)c(CNCCC(=O)NCC(C)C)c1. The van der Waals surface area contributed by atoms with E-state index in [9.17, 15) is 9.90 Å². The van der Waals surface area contributed by atoms with Crippen molar-refractivity contribution in [1.82, 2.24) is 10.6 Å². The number of rotatable bonds is 8. The minimum absolute atomic E-state index is 0.0427. The fourth-order valence-corrected chi connectivity index (χ4v) is 1.66.